The lowest BCUT2D eigenvalue weighted by molar-refractivity contribution is -0.130. The summed E-state index contributed by atoms with van der Waals surface area (Å²) in [6, 6.07) is 8.36. The zero-order chi connectivity index (χ0) is 14.9. The average molecular weight is 275 g/mol. The van der Waals surface area contributed by atoms with Gasteiger partial charge in [0.2, 0.25) is 0 Å². The minimum atomic E-state index is -0.746. The Balaban J connectivity index is 2.50. The molecular formula is C15H17NO4. The van der Waals surface area contributed by atoms with Gasteiger partial charge in [0.15, 0.2) is 11.5 Å². The maximum Gasteiger partial charge on any atom is 0.290 e. The molecule has 20 heavy (non-hydrogen) atoms. The van der Waals surface area contributed by atoms with E-state index in [9.17, 15) is 19.8 Å². The second-order valence-corrected chi connectivity index (χ2v) is 4.94. The van der Waals surface area contributed by atoms with Gasteiger partial charge in [-0.3, -0.25) is 9.59 Å². The summed E-state index contributed by atoms with van der Waals surface area (Å²) in [6.45, 7) is 2.93. The molecule has 2 N–H and O–H groups in total. The van der Waals surface area contributed by atoms with Crippen LogP contribution in [0.15, 0.2) is 41.7 Å². The number of benzene rings is 1. The minimum Gasteiger partial charge on any atom is -0.503 e. The van der Waals surface area contributed by atoms with Crippen molar-refractivity contribution in [3.05, 3.63) is 47.2 Å². The van der Waals surface area contributed by atoms with Crippen molar-refractivity contribution in [2.45, 2.75) is 26.0 Å². The van der Waals surface area contributed by atoms with Crippen molar-refractivity contribution in [1.82, 2.24) is 4.90 Å². The van der Waals surface area contributed by atoms with Gasteiger partial charge in [-0.25, -0.2) is 0 Å². The van der Waals surface area contributed by atoms with E-state index in [1.54, 1.807) is 31.2 Å². The molecular weight excluding hydrogens is 258 g/mol. The van der Waals surface area contributed by atoms with E-state index in [0.717, 1.165) is 5.56 Å². The van der Waals surface area contributed by atoms with Gasteiger partial charge in [0.25, 0.3) is 5.91 Å². The van der Waals surface area contributed by atoms with E-state index in [-0.39, 0.29) is 17.9 Å². The van der Waals surface area contributed by atoms with E-state index in [1.807, 2.05) is 6.07 Å². The fraction of sp³-hybridized carbons (Fsp3) is 0.333. The molecule has 0 unspecified atom stereocenters. The molecule has 0 fully saturated rings. The molecule has 1 aromatic carbocycles. The van der Waals surface area contributed by atoms with Crippen molar-refractivity contribution in [2.75, 3.05) is 6.54 Å². The number of carbonyl (C=O) groups is 2. The normalized spacial score (nSPS) is 20.4. The lowest BCUT2D eigenvalue weighted by Crippen LogP contribution is -2.36. The summed E-state index contributed by atoms with van der Waals surface area (Å²) in [5, 5.41) is 19.5. The number of hydrogen-bond donors (Lipinski definition) is 2. The Morgan fingerprint density at radius 3 is 2.45 bits per heavy atom. The van der Waals surface area contributed by atoms with Crippen LogP contribution in [-0.2, 0) is 9.59 Å². The summed E-state index contributed by atoms with van der Waals surface area (Å²) in [7, 11) is 0. The zero-order valence-corrected chi connectivity index (χ0v) is 11.4. The smallest absolute Gasteiger partial charge is 0.290 e. The summed E-state index contributed by atoms with van der Waals surface area (Å²) in [5.74, 6) is -1.49. The van der Waals surface area contributed by atoms with Crippen LogP contribution in [0, 0.1) is 0 Å². The van der Waals surface area contributed by atoms with Crippen molar-refractivity contribution < 1.29 is 19.8 Å². The number of amides is 1. The number of hydrogen-bond acceptors (Lipinski definition) is 4. The second kappa shape index (κ2) is 5.46. The number of aliphatic hydroxyl groups is 2. The molecule has 5 heteroatoms. The number of aliphatic hydroxyl groups excluding tert-OH is 2. The highest BCUT2D eigenvalue weighted by molar-refractivity contribution is 6.08. The maximum atomic E-state index is 12.1. The third kappa shape index (κ3) is 2.44. The number of nitrogens with zero attached hydrogens (tertiary/aromatic N) is 1. The molecule has 0 aromatic heterocycles. The first kappa shape index (κ1) is 14.3. The fourth-order valence-corrected chi connectivity index (χ4v) is 2.47. The van der Waals surface area contributed by atoms with Crippen molar-refractivity contribution >= 4 is 11.7 Å². The SMILES string of the molecule is CC(=O)C1=C(O)C(=O)N(C[C@H](C)O)[C@@H]1c1ccccc1. The predicted molar refractivity (Wildman–Crippen MR) is 72.9 cm³/mol. The molecule has 1 aliphatic heterocycles. The molecule has 0 saturated carbocycles. The number of β-amino-alcohol motifs (C(OH)–C–C–N with tert-alkyl or cyclic N) is 1. The van der Waals surface area contributed by atoms with Crippen LogP contribution in [0.4, 0.5) is 0 Å². The van der Waals surface area contributed by atoms with Crippen LogP contribution < -0.4 is 0 Å². The van der Waals surface area contributed by atoms with Gasteiger partial charge in [-0.2, -0.15) is 0 Å². The Labute approximate surface area is 117 Å². The zero-order valence-electron chi connectivity index (χ0n) is 11.4. The first-order valence-electron chi connectivity index (χ1n) is 6.41. The maximum absolute atomic E-state index is 12.1. The topological polar surface area (TPSA) is 77.8 Å². The highest BCUT2D eigenvalue weighted by atomic mass is 16.3. The van der Waals surface area contributed by atoms with Gasteiger partial charge in [-0.15, -0.1) is 0 Å². The summed E-state index contributed by atoms with van der Waals surface area (Å²) < 4.78 is 0. The summed E-state index contributed by atoms with van der Waals surface area (Å²) in [4.78, 5) is 25.2. The Kier molecular flexibility index (Phi) is 3.90. The van der Waals surface area contributed by atoms with Crippen molar-refractivity contribution in [1.29, 1.82) is 0 Å². The van der Waals surface area contributed by atoms with Crippen LogP contribution in [0.1, 0.15) is 25.5 Å². The molecule has 1 heterocycles. The van der Waals surface area contributed by atoms with E-state index < -0.39 is 23.8 Å². The molecule has 1 amide bonds. The molecule has 0 bridgehead atoms. The van der Waals surface area contributed by atoms with Crippen LogP contribution in [0.25, 0.3) is 0 Å². The largest absolute Gasteiger partial charge is 0.503 e. The average Bonchev–Trinajstić information content (AvgIpc) is 2.64. The Morgan fingerprint density at radius 2 is 1.95 bits per heavy atom. The Hall–Kier alpha value is -2.14. The van der Waals surface area contributed by atoms with E-state index >= 15 is 0 Å². The van der Waals surface area contributed by atoms with Crippen LogP contribution in [0.5, 0.6) is 0 Å². The fourth-order valence-electron chi connectivity index (χ4n) is 2.47. The standard InChI is InChI=1S/C15H17NO4/c1-9(17)8-16-13(11-6-4-3-5-7-11)12(10(2)18)14(19)15(16)20/h3-7,9,13,17,19H,8H2,1-2H3/t9-,13+/m0/s1. The molecule has 106 valence electrons. The van der Waals surface area contributed by atoms with Gasteiger partial charge in [0, 0.05) is 6.54 Å². The lowest BCUT2D eigenvalue weighted by Gasteiger charge is -2.27. The van der Waals surface area contributed by atoms with Gasteiger partial charge < -0.3 is 15.1 Å². The van der Waals surface area contributed by atoms with E-state index in [2.05, 4.69) is 0 Å². The van der Waals surface area contributed by atoms with E-state index in [0.29, 0.717) is 0 Å². The monoisotopic (exact) mass is 275 g/mol. The summed E-state index contributed by atoms with van der Waals surface area (Å²) in [6.07, 6.45) is -0.746. The third-order valence-electron chi connectivity index (χ3n) is 3.26. The van der Waals surface area contributed by atoms with Crippen molar-refractivity contribution in [3.8, 4) is 0 Å². The molecule has 1 aromatic rings. The quantitative estimate of drug-likeness (QED) is 0.869. The summed E-state index contributed by atoms with van der Waals surface area (Å²) >= 11 is 0. The number of rotatable bonds is 4. The van der Waals surface area contributed by atoms with Gasteiger partial charge in [0.1, 0.15) is 0 Å². The van der Waals surface area contributed by atoms with Crippen molar-refractivity contribution in [3.63, 3.8) is 0 Å². The van der Waals surface area contributed by atoms with Crippen LogP contribution in [0.2, 0.25) is 0 Å². The van der Waals surface area contributed by atoms with E-state index in [4.69, 9.17) is 0 Å². The van der Waals surface area contributed by atoms with Gasteiger partial charge in [0.05, 0.1) is 17.7 Å². The lowest BCUT2D eigenvalue weighted by atomic mass is 9.97. The van der Waals surface area contributed by atoms with Crippen LogP contribution in [-0.4, -0.2) is 39.5 Å². The van der Waals surface area contributed by atoms with Crippen LogP contribution in [0.3, 0.4) is 0 Å². The van der Waals surface area contributed by atoms with Gasteiger partial charge in [-0.1, -0.05) is 30.3 Å². The van der Waals surface area contributed by atoms with Crippen LogP contribution >= 0.6 is 0 Å². The molecule has 5 nitrogen and oxygen atoms in total. The molecule has 1 aliphatic rings. The molecule has 2 rings (SSSR count). The first-order chi connectivity index (χ1) is 9.43. The number of Topliss-reactive ketones (excluding diaryl/α,β-unsaturated/α-hetero) is 1. The number of ketones is 1. The van der Waals surface area contributed by atoms with Gasteiger partial charge >= 0.3 is 0 Å². The molecule has 0 spiro atoms. The summed E-state index contributed by atoms with van der Waals surface area (Å²) in [5.41, 5.74) is 0.817. The highest BCUT2D eigenvalue weighted by Gasteiger charge is 2.42. The van der Waals surface area contributed by atoms with E-state index in [1.165, 1.54) is 11.8 Å². The highest BCUT2D eigenvalue weighted by Crippen LogP contribution is 2.37. The Bertz CT molecular complexity index is 562. The van der Waals surface area contributed by atoms with Gasteiger partial charge in [-0.05, 0) is 19.4 Å². The molecule has 2 atom stereocenters. The molecule has 0 radical (unpaired) electrons. The minimum absolute atomic E-state index is 0.0548. The third-order valence-corrected chi connectivity index (χ3v) is 3.26. The Morgan fingerprint density at radius 1 is 1.35 bits per heavy atom. The number of carbonyl (C=O) groups excluding carboxylic acids is 2. The molecule has 0 aliphatic carbocycles. The van der Waals surface area contributed by atoms with Crippen molar-refractivity contribution in [2.24, 2.45) is 0 Å². The predicted octanol–water partition coefficient (Wildman–Crippen LogP) is 1.35. The molecule has 0 saturated heterocycles. The second-order valence-electron chi connectivity index (χ2n) is 4.94. The first-order valence-corrected chi connectivity index (χ1v) is 6.41.